The van der Waals surface area contributed by atoms with Crippen molar-refractivity contribution in [3.8, 4) is 0 Å². The van der Waals surface area contributed by atoms with Crippen molar-refractivity contribution in [2.45, 2.75) is 26.1 Å². The van der Waals surface area contributed by atoms with E-state index in [1.165, 1.54) is 13.8 Å². The quantitative estimate of drug-likeness (QED) is 0.584. The molecule has 0 bridgehead atoms. The van der Waals surface area contributed by atoms with Gasteiger partial charge < -0.3 is 20.6 Å². The fraction of sp³-hybridized carbons (Fsp3) is 0.500. The van der Waals surface area contributed by atoms with Gasteiger partial charge in [0.2, 0.25) is 5.91 Å². The molecule has 2 unspecified atom stereocenters. The van der Waals surface area contributed by atoms with Crippen molar-refractivity contribution >= 4 is 23.2 Å². The van der Waals surface area contributed by atoms with Crippen LogP contribution in [0.25, 0.3) is 0 Å². The zero-order valence-electron chi connectivity index (χ0n) is 9.88. The summed E-state index contributed by atoms with van der Waals surface area (Å²) in [6.07, 6.45) is -2.56. The van der Waals surface area contributed by atoms with Crippen molar-refractivity contribution in [3.63, 3.8) is 0 Å². The summed E-state index contributed by atoms with van der Waals surface area (Å²) < 4.78 is 0. The predicted octanol–water partition coefficient (Wildman–Crippen LogP) is -0.320. The van der Waals surface area contributed by atoms with Gasteiger partial charge in [-0.2, -0.15) is 0 Å². The molecule has 0 aliphatic heterocycles. The Morgan fingerprint density at radius 3 is 2.50 bits per heavy atom. The van der Waals surface area contributed by atoms with Gasteiger partial charge >= 0.3 is 5.97 Å². The smallest absolute Gasteiger partial charge is 0.347 e. The Balaban J connectivity index is 2.77. The lowest BCUT2D eigenvalue weighted by molar-refractivity contribution is -0.119. The van der Waals surface area contributed by atoms with Crippen LogP contribution in [0.2, 0.25) is 0 Å². The summed E-state index contributed by atoms with van der Waals surface area (Å²) in [6.45, 7) is 2.67. The average Bonchev–Trinajstić information content (AvgIpc) is 2.67. The van der Waals surface area contributed by atoms with Gasteiger partial charge in [0.25, 0.3) is 0 Å². The molecule has 0 fully saturated rings. The van der Waals surface area contributed by atoms with Crippen LogP contribution in [0.1, 0.15) is 33.4 Å². The monoisotopic (exact) mass is 274 g/mol. The van der Waals surface area contributed by atoms with Gasteiger partial charge in [0.15, 0.2) is 0 Å². The lowest BCUT2D eigenvalue weighted by Crippen LogP contribution is -2.34. The number of rotatable bonds is 5. The number of carbonyl (C=O) groups is 2. The first kappa shape index (κ1) is 14.6. The molecular weight excluding hydrogens is 260 g/mol. The lowest BCUT2D eigenvalue weighted by atomic mass is 10.2. The van der Waals surface area contributed by atoms with Crippen molar-refractivity contribution in [1.82, 2.24) is 10.3 Å². The molecular formula is C10H14N2O5S. The first-order chi connectivity index (χ1) is 8.32. The standard InChI is InChI=1S/C10H14N2O5S/c1-4-8(10(16)17)18-9(12-4)7(15)6(14)3-11-5(2)13/h6-7,14-15H,3H2,1-2H3,(H,11,13)(H,16,17). The van der Waals surface area contributed by atoms with Gasteiger partial charge in [-0.1, -0.05) is 0 Å². The van der Waals surface area contributed by atoms with Crippen LogP contribution in [-0.2, 0) is 4.79 Å². The van der Waals surface area contributed by atoms with E-state index in [-0.39, 0.29) is 28.0 Å². The van der Waals surface area contributed by atoms with Gasteiger partial charge in [-0.15, -0.1) is 11.3 Å². The number of carbonyl (C=O) groups excluding carboxylic acids is 1. The molecule has 0 radical (unpaired) electrons. The normalized spacial score (nSPS) is 14.0. The van der Waals surface area contributed by atoms with Crippen molar-refractivity contribution < 1.29 is 24.9 Å². The molecule has 1 rings (SSSR count). The van der Waals surface area contributed by atoms with Crippen molar-refractivity contribution in [2.24, 2.45) is 0 Å². The molecule has 1 heterocycles. The van der Waals surface area contributed by atoms with Crippen LogP contribution in [-0.4, -0.2) is 44.8 Å². The molecule has 1 amide bonds. The fourth-order valence-electron chi connectivity index (χ4n) is 1.27. The third-order valence-electron chi connectivity index (χ3n) is 2.19. The summed E-state index contributed by atoms with van der Waals surface area (Å²) in [5.41, 5.74) is 0.285. The van der Waals surface area contributed by atoms with E-state index in [1.54, 1.807) is 0 Å². The minimum absolute atomic E-state index is 0.0239. The second-order valence-corrected chi connectivity index (χ2v) is 4.75. The number of hydrogen-bond donors (Lipinski definition) is 4. The highest BCUT2D eigenvalue weighted by atomic mass is 32.1. The maximum Gasteiger partial charge on any atom is 0.347 e. The van der Waals surface area contributed by atoms with E-state index in [4.69, 9.17) is 5.11 Å². The van der Waals surface area contributed by atoms with Gasteiger partial charge in [0.05, 0.1) is 5.69 Å². The Bertz CT molecular complexity index is 459. The summed E-state index contributed by atoms with van der Waals surface area (Å²) >= 11 is 0.805. The number of aromatic carboxylic acids is 1. The first-order valence-corrected chi connectivity index (χ1v) is 5.95. The summed E-state index contributed by atoms with van der Waals surface area (Å²) in [5.74, 6) is -1.46. The molecule has 0 aromatic carbocycles. The zero-order valence-corrected chi connectivity index (χ0v) is 10.7. The number of nitrogens with zero attached hydrogens (tertiary/aromatic N) is 1. The van der Waals surface area contributed by atoms with Crippen LogP contribution in [0.4, 0.5) is 0 Å². The molecule has 0 spiro atoms. The summed E-state index contributed by atoms with van der Waals surface area (Å²) in [5, 5.41) is 30.7. The highest BCUT2D eigenvalue weighted by Gasteiger charge is 2.24. The third-order valence-corrected chi connectivity index (χ3v) is 3.40. The Hall–Kier alpha value is -1.51. The highest BCUT2D eigenvalue weighted by molar-refractivity contribution is 7.13. The second-order valence-electron chi connectivity index (χ2n) is 3.72. The molecule has 0 aliphatic carbocycles. The molecule has 0 saturated heterocycles. The Morgan fingerprint density at radius 1 is 1.44 bits per heavy atom. The number of thiazole rings is 1. The lowest BCUT2D eigenvalue weighted by Gasteiger charge is -2.15. The van der Waals surface area contributed by atoms with Gasteiger partial charge in [-0.25, -0.2) is 9.78 Å². The number of aromatic nitrogens is 1. The van der Waals surface area contributed by atoms with E-state index in [1.807, 2.05) is 0 Å². The molecule has 18 heavy (non-hydrogen) atoms. The Kier molecular flexibility index (Phi) is 4.76. The van der Waals surface area contributed by atoms with Crippen molar-refractivity contribution in [3.05, 3.63) is 15.6 Å². The van der Waals surface area contributed by atoms with Gasteiger partial charge in [0.1, 0.15) is 22.1 Å². The van der Waals surface area contributed by atoms with Crippen LogP contribution >= 0.6 is 11.3 Å². The molecule has 8 heteroatoms. The molecule has 1 aromatic rings. The summed E-state index contributed by atoms with van der Waals surface area (Å²) in [6, 6.07) is 0. The first-order valence-electron chi connectivity index (χ1n) is 5.14. The van der Waals surface area contributed by atoms with E-state index in [9.17, 15) is 19.8 Å². The Labute approximate surface area is 107 Å². The van der Waals surface area contributed by atoms with E-state index in [0.717, 1.165) is 11.3 Å². The van der Waals surface area contributed by atoms with Crippen LogP contribution < -0.4 is 5.32 Å². The fourth-order valence-corrected chi connectivity index (χ4v) is 2.22. The molecule has 2 atom stereocenters. The maximum atomic E-state index is 10.8. The van der Waals surface area contributed by atoms with Gasteiger partial charge in [-0.05, 0) is 6.92 Å². The average molecular weight is 274 g/mol. The number of amides is 1. The number of aryl methyl sites for hydroxylation is 1. The minimum Gasteiger partial charge on any atom is -0.477 e. The van der Waals surface area contributed by atoms with E-state index >= 15 is 0 Å². The molecule has 0 aliphatic rings. The molecule has 1 aromatic heterocycles. The summed E-state index contributed by atoms with van der Waals surface area (Å²) in [4.78, 5) is 25.4. The van der Waals surface area contributed by atoms with Crippen LogP contribution in [0.15, 0.2) is 0 Å². The number of carboxylic acids is 1. The summed E-state index contributed by atoms with van der Waals surface area (Å²) in [7, 11) is 0. The molecule has 7 nitrogen and oxygen atoms in total. The van der Waals surface area contributed by atoms with Gasteiger partial charge in [-0.3, -0.25) is 4.79 Å². The highest BCUT2D eigenvalue weighted by Crippen LogP contribution is 2.25. The molecule has 4 N–H and O–H groups in total. The zero-order chi connectivity index (χ0) is 13.9. The van der Waals surface area contributed by atoms with E-state index < -0.39 is 18.2 Å². The predicted molar refractivity (Wildman–Crippen MR) is 63.5 cm³/mol. The van der Waals surface area contributed by atoms with E-state index in [0.29, 0.717) is 0 Å². The van der Waals surface area contributed by atoms with E-state index in [2.05, 4.69) is 10.3 Å². The number of nitrogens with one attached hydrogen (secondary N) is 1. The number of hydrogen-bond acceptors (Lipinski definition) is 6. The number of carboxylic acid groups (broad SMARTS) is 1. The van der Waals surface area contributed by atoms with Crippen molar-refractivity contribution in [1.29, 1.82) is 0 Å². The SMILES string of the molecule is CC(=O)NCC(O)C(O)c1nc(C)c(C(=O)O)s1. The largest absolute Gasteiger partial charge is 0.477 e. The van der Waals surface area contributed by atoms with Crippen LogP contribution in [0, 0.1) is 6.92 Å². The number of aliphatic hydroxyl groups excluding tert-OH is 2. The van der Waals surface area contributed by atoms with Gasteiger partial charge in [0, 0.05) is 13.5 Å². The minimum atomic E-state index is -1.33. The van der Waals surface area contributed by atoms with Crippen LogP contribution in [0.3, 0.4) is 0 Å². The van der Waals surface area contributed by atoms with Crippen molar-refractivity contribution in [2.75, 3.05) is 6.54 Å². The van der Waals surface area contributed by atoms with Crippen LogP contribution in [0.5, 0.6) is 0 Å². The Morgan fingerprint density at radius 2 is 2.06 bits per heavy atom. The number of aliphatic hydroxyl groups is 2. The third kappa shape index (κ3) is 3.49. The second kappa shape index (κ2) is 5.89. The molecule has 0 saturated carbocycles. The topological polar surface area (TPSA) is 120 Å². The maximum absolute atomic E-state index is 10.8. The molecule has 100 valence electrons.